The summed E-state index contributed by atoms with van der Waals surface area (Å²) in [6.07, 6.45) is 2.70. The van der Waals surface area contributed by atoms with Crippen molar-refractivity contribution in [3.05, 3.63) is 63.8 Å². The molecular formula is C27H32Cl4N4O4S. The predicted molar refractivity (Wildman–Crippen MR) is 163 cm³/mol. The standard InChI is InChI=1S/C27H30Cl2N4O4S.2ClH/c1-17-7-8-18-4-2-6-23(26(18)31-17)37-16-20-21(28)9-10-24(25(20)29)38(35,36)33-15-3-5-22(33)27(34)32-19-11-13-30-14-12-19;;/h2,4,6-10,19,22,30H,3,5,11-16H2,1H3,(H,32,34);2*1H/t22-;;/m0../s1. The van der Waals surface area contributed by atoms with Crippen molar-refractivity contribution in [1.29, 1.82) is 0 Å². The molecule has 218 valence electrons. The van der Waals surface area contributed by atoms with Gasteiger partial charge in [-0.05, 0) is 70.0 Å². The zero-order chi connectivity index (χ0) is 26.9. The van der Waals surface area contributed by atoms with Crippen LogP contribution in [0.4, 0.5) is 0 Å². The number of benzene rings is 2. The number of rotatable bonds is 7. The molecule has 2 saturated heterocycles. The van der Waals surface area contributed by atoms with E-state index in [0.717, 1.165) is 37.0 Å². The summed E-state index contributed by atoms with van der Waals surface area (Å²) in [5.74, 6) is 0.283. The van der Waals surface area contributed by atoms with E-state index >= 15 is 0 Å². The molecular weight excluding hydrogens is 618 g/mol. The lowest BCUT2D eigenvalue weighted by molar-refractivity contribution is -0.125. The third-order valence-electron chi connectivity index (χ3n) is 7.12. The Morgan fingerprint density at radius 2 is 1.85 bits per heavy atom. The molecule has 5 rings (SSSR count). The number of amides is 1. The summed E-state index contributed by atoms with van der Waals surface area (Å²) in [5.41, 5.74) is 1.90. The average Bonchev–Trinajstić information content (AvgIpc) is 3.40. The Morgan fingerprint density at radius 3 is 2.60 bits per heavy atom. The summed E-state index contributed by atoms with van der Waals surface area (Å²) in [5, 5.41) is 7.51. The topological polar surface area (TPSA) is 101 Å². The molecule has 0 aliphatic carbocycles. The fourth-order valence-corrected chi connectivity index (χ4v) is 7.59. The second-order valence-corrected chi connectivity index (χ2v) is 12.4. The van der Waals surface area contributed by atoms with Gasteiger partial charge < -0.3 is 15.4 Å². The Labute approximate surface area is 257 Å². The van der Waals surface area contributed by atoms with Gasteiger partial charge in [0, 0.05) is 34.3 Å². The molecule has 40 heavy (non-hydrogen) atoms. The van der Waals surface area contributed by atoms with E-state index < -0.39 is 16.1 Å². The van der Waals surface area contributed by atoms with Crippen molar-refractivity contribution in [3.63, 3.8) is 0 Å². The monoisotopic (exact) mass is 648 g/mol. The largest absolute Gasteiger partial charge is 0.487 e. The highest BCUT2D eigenvalue weighted by Gasteiger charge is 2.41. The Morgan fingerprint density at radius 1 is 1.10 bits per heavy atom. The third kappa shape index (κ3) is 6.78. The fraction of sp³-hybridized carbons (Fsp3) is 0.407. The summed E-state index contributed by atoms with van der Waals surface area (Å²) in [7, 11) is -4.07. The summed E-state index contributed by atoms with van der Waals surface area (Å²) in [4.78, 5) is 17.6. The number of aryl methyl sites for hydroxylation is 1. The van der Waals surface area contributed by atoms with Crippen LogP contribution in [0.3, 0.4) is 0 Å². The van der Waals surface area contributed by atoms with E-state index in [1.54, 1.807) is 6.07 Å². The van der Waals surface area contributed by atoms with Crippen LogP contribution in [-0.2, 0) is 21.4 Å². The van der Waals surface area contributed by atoms with Gasteiger partial charge in [-0.15, -0.1) is 24.8 Å². The molecule has 0 saturated carbocycles. The quantitative estimate of drug-likeness (QED) is 0.361. The summed E-state index contributed by atoms with van der Waals surface area (Å²) < 4.78 is 34.9. The first-order valence-corrected chi connectivity index (χ1v) is 14.9. The number of aromatic nitrogens is 1. The van der Waals surface area contributed by atoms with Gasteiger partial charge in [-0.25, -0.2) is 13.4 Å². The van der Waals surface area contributed by atoms with Crippen LogP contribution in [-0.4, -0.2) is 55.3 Å². The number of halogens is 4. The zero-order valence-electron chi connectivity index (χ0n) is 21.9. The first-order valence-electron chi connectivity index (χ1n) is 12.7. The molecule has 2 aliphatic heterocycles. The molecule has 8 nitrogen and oxygen atoms in total. The van der Waals surface area contributed by atoms with Crippen molar-refractivity contribution in [2.75, 3.05) is 19.6 Å². The zero-order valence-corrected chi connectivity index (χ0v) is 25.8. The maximum absolute atomic E-state index is 13.8. The second-order valence-electron chi connectivity index (χ2n) is 9.71. The number of ether oxygens (including phenoxy) is 1. The lowest BCUT2D eigenvalue weighted by Gasteiger charge is -2.28. The molecule has 0 spiro atoms. The van der Waals surface area contributed by atoms with Gasteiger partial charge in [0.05, 0.1) is 5.02 Å². The van der Waals surface area contributed by atoms with Crippen LogP contribution in [0, 0.1) is 6.92 Å². The van der Waals surface area contributed by atoms with Gasteiger partial charge in [-0.3, -0.25) is 4.79 Å². The van der Waals surface area contributed by atoms with Crippen molar-refractivity contribution >= 4 is 74.8 Å². The van der Waals surface area contributed by atoms with Crippen LogP contribution in [0.2, 0.25) is 10.0 Å². The number of sulfonamides is 1. The molecule has 1 aromatic heterocycles. The Balaban J connectivity index is 0.00000220. The molecule has 1 amide bonds. The number of carbonyl (C=O) groups is 1. The lowest BCUT2D eigenvalue weighted by Crippen LogP contribution is -2.51. The van der Waals surface area contributed by atoms with E-state index in [9.17, 15) is 13.2 Å². The second kappa shape index (κ2) is 13.9. The first kappa shape index (κ1) is 32.7. The van der Waals surface area contributed by atoms with Gasteiger partial charge in [0.25, 0.3) is 0 Å². The normalized spacial score (nSPS) is 18.1. The maximum atomic E-state index is 13.8. The molecule has 0 radical (unpaired) electrons. The molecule has 2 fully saturated rings. The molecule has 3 aromatic rings. The molecule has 0 unspecified atom stereocenters. The molecule has 2 N–H and O–H groups in total. The van der Waals surface area contributed by atoms with Crippen LogP contribution in [0.5, 0.6) is 5.75 Å². The van der Waals surface area contributed by atoms with Gasteiger partial charge in [-0.2, -0.15) is 4.31 Å². The molecule has 3 heterocycles. The van der Waals surface area contributed by atoms with Crippen LogP contribution in [0.15, 0.2) is 47.4 Å². The van der Waals surface area contributed by atoms with E-state index in [4.69, 9.17) is 27.9 Å². The van der Waals surface area contributed by atoms with Crippen LogP contribution >= 0.6 is 48.0 Å². The molecule has 13 heteroatoms. The highest BCUT2D eigenvalue weighted by Crippen LogP contribution is 2.36. The highest BCUT2D eigenvalue weighted by atomic mass is 35.5. The molecule has 2 aromatic carbocycles. The van der Waals surface area contributed by atoms with E-state index in [0.29, 0.717) is 34.7 Å². The molecule has 0 bridgehead atoms. The van der Waals surface area contributed by atoms with E-state index in [1.807, 2.05) is 31.2 Å². The van der Waals surface area contributed by atoms with Gasteiger partial charge >= 0.3 is 0 Å². The third-order valence-corrected chi connectivity index (χ3v) is 9.97. The molecule has 2 aliphatic rings. The Hall–Kier alpha value is -1.85. The van der Waals surface area contributed by atoms with Gasteiger partial charge in [0.1, 0.15) is 28.8 Å². The van der Waals surface area contributed by atoms with E-state index in [1.165, 1.54) is 16.4 Å². The minimum absolute atomic E-state index is 0. The number of fused-ring (bicyclic) bond motifs is 1. The Kier molecular flexibility index (Phi) is 11.3. The fourth-order valence-electron chi connectivity index (χ4n) is 5.07. The van der Waals surface area contributed by atoms with Gasteiger partial charge in [-0.1, -0.05) is 41.4 Å². The van der Waals surface area contributed by atoms with Crippen LogP contribution < -0.4 is 15.4 Å². The number of nitrogens with zero attached hydrogens (tertiary/aromatic N) is 2. The van der Waals surface area contributed by atoms with Crippen molar-refractivity contribution < 1.29 is 17.9 Å². The van der Waals surface area contributed by atoms with Crippen LogP contribution in [0.25, 0.3) is 10.9 Å². The summed E-state index contributed by atoms with van der Waals surface area (Å²) in [6, 6.07) is 11.7. The number of hydrogen-bond acceptors (Lipinski definition) is 6. The molecule has 1 atom stereocenters. The number of nitrogens with one attached hydrogen (secondary N) is 2. The predicted octanol–water partition coefficient (Wildman–Crippen LogP) is 5.29. The van der Waals surface area contributed by atoms with Crippen molar-refractivity contribution in [1.82, 2.24) is 19.9 Å². The first-order chi connectivity index (χ1) is 18.3. The van der Waals surface area contributed by atoms with Crippen molar-refractivity contribution in [2.45, 2.75) is 56.2 Å². The number of pyridine rings is 1. The summed E-state index contributed by atoms with van der Waals surface area (Å²) >= 11 is 13.1. The number of piperidine rings is 1. The van der Waals surface area contributed by atoms with Crippen molar-refractivity contribution in [3.8, 4) is 5.75 Å². The number of carbonyl (C=O) groups excluding carboxylic acids is 1. The Bertz CT molecular complexity index is 1470. The smallest absolute Gasteiger partial charge is 0.245 e. The van der Waals surface area contributed by atoms with Crippen LogP contribution in [0.1, 0.15) is 36.9 Å². The van der Waals surface area contributed by atoms with Gasteiger partial charge in [0.2, 0.25) is 15.9 Å². The van der Waals surface area contributed by atoms with Gasteiger partial charge in [0.15, 0.2) is 0 Å². The maximum Gasteiger partial charge on any atom is 0.245 e. The lowest BCUT2D eigenvalue weighted by atomic mass is 10.1. The minimum Gasteiger partial charge on any atom is -0.487 e. The van der Waals surface area contributed by atoms with Crippen molar-refractivity contribution in [2.24, 2.45) is 0 Å². The number of para-hydroxylation sites is 1. The highest BCUT2D eigenvalue weighted by molar-refractivity contribution is 7.89. The average molecular weight is 650 g/mol. The van der Waals surface area contributed by atoms with E-state index in [2.05, 4.69) is 15.6 Å². The summed E-state index contributed by atoms with van der Waals surface area (Å²) in [6.45, 7) is 3.76. The minimum atomic E-state index is -4.07. The number of hydrogen-bond donors (Lipinski definition) is 2. The van der Waals surface area contributed by atoms with E-state index in [-0.39, 0.29) is 59.8 Å². The SMILES string of the molecule is Cc1ccc2cccc(OCc3c(Cl)ccc(S(=O)(=O)N4CCC[C@H]4C(=O)NC4CCNCC4)c3Cl)c2n1.Cl.Cl.